The molecule has 0 fully saturated rings. The van der Waals surface area contributed by atoms with Gasteiger partial charge in [-0.25, -0.2) is 0 Å². The molecule has 3 heteroatoms. The van der Waals surface area contributed by atoms with E-state index in [1.807, 2.05) is 12.3 Å². The van der Waals surface area contributed by atoms with Crippen LogP contribution in [0.15, 0.2) is 72.9 Å². The van der Waals surface area contributed by atoms with Crippen molar-refractivity contribution >= 4 is 33.1 Å². The van der Waals surface area contributed by atoms with E-state index in [-0.39, 0.29) is 0 Å². The lowest BCUT2D eigenvalue weighted by Crippen LogP contribution is -2.21. The van der Waals surface area contributed by atoms with Crippen LogP contribution in [0.25, 0.3) is 21.7 Å². The smallest absolute Gasteiger partial charge is 0.0729 e. The second kappa shape index (κ2) is 7.77. The summed E-state index contributed by atoms with van der Waals surface area (Å²) in [6.45, 7) is 7.56. The number of hydrogen-bond donors (Lipinski definition) is 1. The van der Waals surface area contributed by atoms with Gasteiger partial charge >= 0.3 is 0 Å². The van der Waals surface area contributed by atoms with Crippen LogP contribution in [0.2, 0.25) is 0 Å². The summed E-state index contributed by atoms with van der Waals surface area (Å²) in [5.41, 5.74) is 4.54. The average molecular weight is 355 g/mol. The number of nitrogens with zero attached hydrogens (tertiary/aromatic N) is 2. The third kappa shape index (κ3) is 3.79. The van der Waals surface area contributed by atoms with Crippen molar-refractivity contribution in [3.8, 4) is 0 Å². The highest BCUT2D eigenvalue weighted by Crippen LogP contribution is 2.29. The minimum Gasteiger partial charge on any atom is -0.355 e. The summed E-state index contributed by atoms with van der Waals surface area (Å²) < 4.78 is 0. The van der Waals surface area contributed by atoms with Gasteiger partial charge in [-0.15, -0.1) is 0 Å². The minimum atomic E-state index is 0.997. The van der Waals surface area contributed by atoms with Crippen molar-refractivity contribution in [1.29, 1.82) is 0 Å². The molecule has 3 aromatic carbocycles. The zero-order valence-electron chi connectivity index (χ0n) is 15.9. The van der Waals surface area contributed by atoms with Crippen molar-refractivity contribution in [3.63, 3.8) is 0 Å². The summed E-state index contributed by atoms with van der Waals surface area (Å²) in [4.78, 5) is 6.97. The van der Waals surface area contributed by atoms with Crippen LogP contribution in [0.4, 0.5) is 11.4 Å². The van der Waals surface area contributed by atoms with E-state index in [1.165, 1.54) is 16.3 Å². The molecule has 4 rings (SSSR count). The topological polar surface area (TPSA) is 28.2 Å². The molecule has 0 saturated heterocycles. The Morgan fingerprint density at radius 1 is 0.852 bits per heavy atom. The van der Waals surface area contributed by atoms with Gasteiger partial charge in [-0.1, -0.05) is 50.2 Å². The van der Waals surface area contributed by atoms with Gasteiger partial charge in [-0.05, 0) is 59.8 Å². The fourth-order valence-electron chi connectivity index (χ4n) is 3.50. The first-order valence-corrected chi connectivity index (χ1v) is 9.62. The van der Waals surface area contributed by atoms with Gasteiger partial charge in [-0.3, -0.25) is 9.88 Å². The van der Waals surface area contributed by atoms with Crippen molar-refractivity contribution < 1.29 is 0 Å². The van der Waals surface area contributed by atoms with E-state index in [1.54, 1.807) is 0 Å². The maximum atomic E-state index is 4.55. The van der Waals surface area contributed by atoms with Crippen molar-refractivity contribution in [3.05, 3.63) is 78.5 Å². The van der Waals surface area contributed by atoms with Crippen LogP contribution in [0.5, 0.6) is 0 Å². The van der Waals surface area contributed by atoms with Gasteiger partial charge in [0.2, 0.25) is 0 Å². The van der Waals surface area contributed by atoms with Crippen LogP contribution in [0.1, 0.15) is 19.4 Å². The third-order valence-electron chi connectivity index (χ3n) is 5.14. The normalized spacial score (nSPS) is 11.4. The molecule has 4 aromatic rings. The molecule has 1 N–H and O–H groups in total. The molecule has 0 bridgehead atoms. The van der Waals surface area contributed by atoms with Gasteiger partial charge in [-0.2, -0.15) is 0 Å². The summed E-state index contributed by atoms with van der Waals surface area (Å²) in [6.07, 6.45) is 1.87. The zero-order valence-corrected chi connectivity index (χ0v) is 15.9. The van der Waals surface area contributed by atoms with E-state index >= 15 is 0 Å². The van der Waals surface area contributed by atoms with Crippen molar-refractivity contribution in [2.75, 3.05) is 18.4 Å². The Labute approximate surface area is 160 Å². The summed E-state index contributed by atoms with van der Waals surface area (Å²) in [5.74, 6) is 0. The van der Waals surface area contributed by atoms with Crippen LogP contribution in [0.3, 0.4) is 0 Å². The lowest BCUT2D eigenvalue weighted by atomic mass is 10.1. The van der Waals surface area contributed by atoms with Gasteiger partial charge in [0.25, 0.3) is 0 Å². The summed E-state index contributed by atoms with van der Waals surface area (Å²) in [6, 6.07) is 23.6. The number of benzene rings is 3. The van der Waals surface area contributed by atoms with Crippen LogP contribution >= 0.6 is 0 Å². The number of rotatable bonds is 6. The van der Waals surface area contributed by atoms with Crippen LogP contribution in [0, 0.1) is 0 Å². The highest BCUT2D eigenvalue weighted by atomic mass is 15.1. The van der Waals surface area contributed by atoms with E-state index in [2.05, 4.69) is 89.7 Å². The third-order valence-corrected chi connectivity index (χ3v) is 5.14. The molecular formula is C24H25N3. The van der Waals surface area contributed by atoms with Gasteiger partial charge in [0, 0.05) is 29.5 Å². The van der Waals surface area contributed by atoms with Crippen molar-refractivity contribution in [2.45, 2.75) is 20.4 Å². The summed E-state index contributed by atoms with van der Waals surface area (Å²) in [5, 5.41) is 7.16. The SMILES string of the molecule is CCN(CC)Cc1ccc(Nc2ccnc3cc4ccccc4cc23)cc1. The molecule has 1 heterocycles. The highest BCUT2D eigenvalue weighted by molar-refractivity contribution is 6.02. The van der Waals surface area contributed by atoms with Gasteiger partial charge in [0.05, 0.1) is 5.52 Å². The standard InChI is InChI=1S/C24H25N3/c1-3-27(4-2)17-18-9-11-21(12-10-18)26-23-13-14-25-24-16-20-8-6-5-7-19(20)15-22(23)24/h5-16H,3-4,17H2,1-2H3,(H,25,26). The molecule has 0 aliphatic heterocycles. The lowest BCUT2D eigenvalue weighted by molar-refractivity contribution is 0.296. The maximum absolute atomic E-state index is 4.55. The first-order chi connectivity index (χ1) is 13.3. The second-order valence-electron chi connectivity index (χ2n) is 6.86. The molecule has 0 aliphatic rings. The van der Waals surface area contributed by atoms with Gasteiger partial charge in [0.15, 0.2) is 0 Å². The number of anilines is 2. The molecular weight excluding hydrogens is 330 g/mol. The van der Waals surface area contributed by atoms with Crippen molar-refractivity contribution in [2.24, 2.45) is 0 Å². The van der Waals surface area contributed by atoms with E-state index in [4.69, 9.17) is 0 Å². The molecule has 0 aliphatic carbocycles. The Balaban J connectivity index is 1.62. The van der Waals surface area contributed by atoms with E-state index in [0.29, 0.717) is 0 Å². The number of nitrogens with one attached hydrogen (secondary N) is 1. The fraction of sp³-hybridized carbons (Fsp3) is 0.208. The molecule has 3 nitrogen and oxygen atoms in total. The van der Waals surface area contributed by atoms with Crippen LogP contribution in [-0.2, 0) is 6.54 Å². The molecule has 0 unspecified atom stereocenters. The molecule has 0 spiro atoms. The Bertz CT molecular complexity index is 1050. The molecule has 136 valence electrons. The van der Waals surface area contributed by atoms with E-state index in [0.717, 1.165) is 41.9 Å². The summed E-state index contributed by atoms with van der Waals surface area (Å²) in [7, 11) is 0. The minimum absolute atomic E-state index is 0.997. The number of pyridine rings is 1. The van der Waals surface area contributed by atoms with Crippen molar-refractivity contribution in [1.82, 2.24) is 9.88 Å². The monoisotopic (exact) mass is 355 g/mol. The number of hydrogen-bond acceptors (Lipinski definition) is 3. The lowest BCUT2D eigenvalue weighted by Gasteiger charge is -2.18. The van der Waals surface area contributed by atoms with Gasteiger partial charge in [0.1, 0.15) is 0 Å². The Hall–Kier alpha value is -2.91. The van der Waals surface area contributed by atoms with E-state index < -0.39 is 0 Å². The second-order valence-corrected chi connectivity index (χ2v) is 6.86. The highest BCUT2D eigenvalue weighted by Gasteiger charge is 2.06. The van der Waals surface area contributed by atoms with Crippen LogP contribution in [-0.4, -0.2) is 23.0 Å². The molecule has 0 radical (unpaired) electrons. The summed E-state index contributed by atoms with van der Waals surface area (Å²) >= 11 is 0. The molecule has 0 atom stereocenters. The Morgan fingerprint density at radius 3 is 2.26 bits per heavy atom. The number of fused-ring (bicyclic) bond motifs is 2. The molecule has 0 saturated carbocycles. The molecule has 27 heavy (non-hydrogen) atoms. The molecule has 1 aromatic heterocycles. The fourth-order valence-corrected chi connectivity index (χ4v) is 3.50. The Morgan fingerprint density at radius 2 is 1.56 bits per heavy atom. The Kier molecular flexibility index (Phi) is 5.03. The number of aromatic nitrogens is 1. The predicted molar refractivity (Wildman–Crippen MR) is 116 cm³/mol. The first-order valence-electron chi connectivity index (χ1n) is 9.62. The van der Waals surface area contributed by atoms with E-state index in [9.17, 15) is 0 Å². The predicted octanol–water partition coefficient (Wildman–Crippen LogP) is 5.97. The largest absolute Gasteiger partial charge is 0.355 e. The first kappa shape index (κ1) is 17.5. The average Bonchev–Trinajstić information content (AvgIpc) is 2.72. The van der Waals surface area contributed by atoms with Gasteiger partial charge < -0.3 is 5.32 Å². The zero-order chi connectivity index (χ0) is 18.6. The molecule has 0 amide bonds. The van der Waals surface area contributed by atoms with Crippen LogP contribution < -0.4 is 5.32 Å². The maximum Gasteiger partial charge on any atom is 0.0729 e. The quantitative estimate of drug-likeness (QED) is 0.432.